The Kier molecular flexibility index (Phi) is 4.64. The zero-order chi connectivity index (χ0) is 20.0. The van der Waals surface area contributed by atoms with Crippen LogP contribution in [-0.4, -0.2) is 60.5 Å². The molecule has 8 nitrogen and oxygen atoms in total. The van der Waals surface area contributed by atoms with Gasteiger partial charge in [0.15, 0.2) is 0 Å². The number of fused-ring (bicyclic) bond motifs is 2. The van der Waals surface area contributed by atoms with Crippen molar-refractivity contribution < 1.29 is 19.1 Å². The number of carbonyl (C=O) groups excluding carboxylic acids is 3. The fourth-order valence-electron chi connectivity index (χ4n) is 5.14. The van der Waals surface area contributed by atoms with E-state index >= 15 is 0 Å². The van der Waals surface area contributed by atoms with Crippen molar-refractivity contribution in [2.75, 3.05) is 26.2 Å². The van der Waals surface area contributed by atoms with Crippen LogP contribution in [-0.2, 0) is 27.4 Å². The van der Waals surface area contributed by atoms with Crippen LogP contribution in [0.5, 0.6) is 0 Å². The minimum Gasteiger partial charge on any atom is -0.372 e. The fraction of sp³-hybridized carbons (Fsp3) is 0.571. The van der Waals surface area contributed by atoms with E-state index in [0.717, 1.165) is 43.8 Å². The lowest BCUT2D eigenvalue weighted by atomic mass is 9.91. The number of nitrogens with zero attached hydrogens (tertiary/aromatic N) is 1. The molecule has 3 fully saturated rings. The molecule has 0 radical (unpaired) electrons. The number of nitrogens with one attached hydrogen (secondary N) is 3. The van der Waals surface area contributed by atoms with Crippen molar-refractivity contribution in [3.05, 3.63) is 34.9 Å². The first-order chi connectivity index (χ1) is 14.1. The van der Waals surface area contributed by atoms with Gasteiger partial charge in [-0.15, -0.1) is 0 Å². The van der Waals surface area contributed by atoms with Gasteiger partial charge >= 0.3 is 0 Å². The van der Waals surface area contributed by atoms with Gasteiger partial charge in [0.1, 0.15) is 6.04 Å². The molecule has 3 amide bonds. The summed E-state index contributed by atoms with van der Waals surface area (Å²) < 4.78 is 6.05. The van der Waals surface area contributed by atoms with E-state index in [-0.39, 0.29) is 29.7 Å². The topological polar surface area (TPSA) is 99.8 Å². The lowest BCUT2D eigenvalue weighted by molar-refractivity contribution is -0.136. The first-order valence-electron chi connectivity index (χ1n) is 10.4. The van der Waals surface area contributed by atoms with Crippen LogP contribution in [0.2, 0.25) is 0 Å². The summed E-state index contributed by atoms with van der Waals surface area (Å²) in [5.41, 5.74) is 2.61. The molecule has 4 aliphatic heterocycles. The first kappa shape index (κ1) is 18.7. The second-order valence-corrected chi connectivity index (χ2v) is 8.52. The maximum atomic E-state index is 12.8. The second kappa shape index (κ2) is 7.19. The monoisotopic (exact) mass is 398 g/mol. The lowest BCUT2D eigenvalue weighted by Gasteiger charge is -2.29. The Hall–Kier alpha value is -2.29. The number of ether oxygens (including phenoxy) is 1. The van der Waals surface area contributed by atoms with Gasteiger partial charge in [-0.25, -0.2) is 0 Å². The smallest absolute Gasteiger partial charge is 0.255 e. The highest BCUT2D eigenvalue weighted by atomic mass is 16.5. The van der Waals surface area contributed by atoms with Gasteiger partial charge in [0.05, 0.1) is 5.60 Å². The van der Waals surface area contributed by atoms with Crippen LogP contribution in [0.1, 0.15) is 40.7 Å². The van der Waals surface area contributed by atoms with Crippen LogP contribution >= 0.6 is 0 Å². The van der Waals surface area contributed by atoms with Crippen LogP contribution in [0.3, 0.4) is 0 Å². The molecule has 4 heterocycles. The number of rotatable bonds is 5. The molecule has 154 valence electrons. The van der Waals surface area contributed by atoms with E-state index in [2.05, 4.69) is 16.0 Å². The number of imide groups is 1. The van der Waals surface area contributed by atoms with Crippen molar-refractivity contribution in [1.82, 2.24) is 20.9 Å². The predicted octanol–water partition coefficient (Wildman–Crippen LogP) is -0.0843. The maximum absolute atomic E-state index is 12.8. The third kappa shape index (κ3) is 3.25. The Bertz CT molecular complexity index is 860. The number of piperidine rings is 1. The molecule has 3 saturated heterocycles. The van der Waals surface area contributed by atoms with E-state index in [1.165, 1.54) is 0 Å². The SMILES string of the molecule is O=C1CCC(N2Cc3cc(CNC[C@]45CNC[C@H]4CCO5)ccc3C2=O)C(=O)N1. The summed E-state index contributed by atoms with van der Waals surface area (Å²) in [6.07, 6.45) is 1.77. The summed E-state index contributed by atoms with van der Waals surface area (Å²) in [5, 5.41) is 9.30. The number of hydrogen-bond donors (Lipinski definition) is 3. The molecular weight excluding hydrogens is 372 g/mol. The zero-order valence-electron chi connectivity index (χ0n) is 16.3. The Morgan fingerprint density at radius 1 is 1.24 bits per heavy atom. The summed E-state index contributed by atoms with van der Waals surface area (Å²) in [5.74, 6) is -0.198. The van der Waals surface area contributed by atoms with E-state index in [0.29, 0.717) is 31.0 Å². The number of amides is 3. The first-order valence-corrected chi connectivity index (χ1v) is 10.4. The fourth-order valence-corrected chi connectivity index (χ4v) is 5.14. The minimum absolute atomic E-state index is 0.0880. The van der Waals surface area contributed by atoms with Gasteiger partial charge in [-0.2, -0.15) is 0 Å². The van der Waals surface area contributed by atoms with E-state index in [4.69, 9.17) is 4.74 Å². The summed E-state index contributed by atoms with van der Waals surface area (Å²) in [6.45, 7) is 4.68. The summed E-state index contributed by atoms with van der Waals surface area (Å²) >= 11 is 0. The van der Waals surface area contributed by atoms with Gasteiger partial charge in [0.25, 0.3) is 5.91 Å². The van der Waals surface area contributed by atoms with Crippen molar-refractivity contribution in [1.29, 1.82) is 0 Å². The average molecular weight is 398 g/mol. The third-order valence-corrected chi connectivity index (χ3v) is 6.76. The van der Waals surface area contributed by atoms with Crippen molar-refractivity contribution in [3.63, 3.8) is 0 Å². The summed E-state index contributed by atoms with van der Waals surface area (Å²) in [7, 11) is 0. The number of benzene rings is 1. The molecule has 0 aliphatic carbocycles. The molecule has 0 spiro atoms. The molecule has 1 aromatic carbocycles. The maximum Gasteiger partial charge on any atom is 0.255 e. The van der Waals surface area contributed by atoms with E-state index in [1.54, 1.807) is 4.90 Å². The van der Waals surface area contributed by atoms with Gasteiger partial charge in [0, 0.05) is 57.2 Å². The van der Waals surface area contributed by atoms with Crippen LogP contribution in [0.4, 0.5) is 0 Å². The second-order valence-electron chi connectivity index (χ2n) is 8.52. The molecule has 29 heavy (non-hydrogen) atoms. The molecule has 0 bridgehead atoms. The molecule has 3 N–H and O–H groups in total. The highest BCUT2D eigenvalue weighted by Gasteiger charge is 2.47. The van der Waals surface area contributed by atoms with Gasteiger partial charge in [0.2, 0.25) is 11.8 Å². The highest BCUT2D eigenvalue weighted by molar-refractivity contribution is 6.05. The standard InChI is InChI=1S/C21H26N4O4/c26-18-4-3-17(19(27)24-18)25-10-14-7-13(1-2-16(14)20(25)28)8-22-11-21-12-23-9-15(21)5-6-29-21/h1-2,7,15,17,22-23H,3-6,8-12H2,(H,24,26,27)/t15-,17?,21+/m1/s1. The molecule has 5 rings (SSSR count). The predicted molar refractivity (Wildman–Crippen MR) is 104 cm³/mol. The van der Waals surface area contributed by atoms with Crippen LogP contribution < -0.4 is 16.0 Å². The molecule has 0 saturated carbocycles. The Balaban J connectivity index is 1.23. The van der Waals surface area contributed by atoms with Crippen molar-refractivity contribution in [2.24, 2.45) is 5.92 Å². The van der Waals surface area contributed by atoms with Gasteiger partial charge in [-0.3, -0.25) is 19.7 Å². The Labute approximate surface area is 169 Å². The van der Waals surface area contributed by atoms with Crippen molar-refractivity contribution in [2.45, 2.75) is 44.0 Å². The van der Waals surface area contributed by atoms with Crippen molar-refractivity contribution in [3.8, 4) is 0 Å². The molecular formula is C21H26N4O4. The zero-order valence-corrected chi connectivity index (χ0v) is 16.3. The Morgan fingerprint density at radius 3 is 3.00 bits per heavy atom. The Morgan fingerprint density at radius 2 is 2.14 bits per heavy atom. The van der Waals surface area contributed by atoms with Crippen LogP contribution in [0.25, 0.3) is 0 Å². The van der Waals surface area contributed by atoms with Crippen molar-refractivity contribution >= 4 is 17.7 Å². The minimum atomic E-state index is -0.570. The van der Waals surface area contributed by atoms with Gasteiger partial charge < -0.3 is 20.3 Å². The summed E-state index contributed by atoms with van der Waals surface area (Å²) in [6, 6.07) is 5.30. The normalized spacial score (nSPS) is 31.2. The highest BCUT2D eigenvalue weighted by Crippen LogP contribution is 2.34. The number of hydrogen-bond acceptors (Lipinski definition) is 6. The summed E-state index contributed by atoms with van der Waals surface area (Å²) in [4.78, 5) is 37.9. The molecule has 1 aromatic rings. The molecule has 1 unspecified atom stereocenters. The average Bonchev–Trinajstić information content (AvgIpc) is 3.35. The van der Waals surface area contributed by atoms with Crippen LogP contribution in [0.15, 0.2) is 18.2 Å². The van der Waals surface area contributed by atoms with Gasteiger partial charge in [-0.1, -0.05) is 12.1 Å². The van der Waals surface area contributed by atoms with E-state index < -0.39 is 6.04 Å². The molecule has 4 aliphatic rings. The molecule has 8 heteroatoms. The number of carbonyl (C=O) groups is 3. The molecule has 0 aromatic heterocycles. The largest absolute Gasteiger partial charge is 0.372 e. The van der Waals surface area contributed by atoms with Crippen LogP contribution in [0, 0.1) is 5.92 Å². The molecule has 3 atom stereocenters. The van der Waals surface area contributed by atoms with E-state index in [1.807, 2.05) is 18.2 Å². The van der Waals surface area contributed by atoms with E-state index in [9.17, 15) is 14.4 Å². The quantitative estimate of drug-likeness (QED) is 0.600. The lowest BCUT2D eigenvalue weighted by Crippen LogP contribution is -2.52. The van der Waals surface area contributed by atoms with Gasteiger partial charge in [-0.05, 0) is 30.0 Å². The third-order valence-electron chi connectivity index (χ3n) is 6.76.